The Bertz CT molecular complexity index is 273. The van der Waals surface area contributed by atoms with Gasteiger partial charge in [0.25, 0.3) is 0 Å². The molecule has 0 heterocycles. The van der Waals surface area contributed by atoms with Crippen molar-refractivity contribution in [2.45, 2.75) is 19.8 Å². The van der Waals surface area contributed by atoms with E-state index in [1.54, 1.807) is 6.92 Å². The molecule has 0 N–H and O–H groups in total. The van der Waals surface area contributed by atoms with Crippen LogP contribution < -0.4 is 0 Å². The van der Waals surface area contributed by atoms with E-state index in [1.165, 1.54) is 18.5 Å². The van der Waals surface area contributed by atoms with Crippen molar-refractivity contribution in [1.82, 2.24) is 4.31 Å². The van der Waals surface area contributed by atoms with Crippen LogP contribution in [0, 0.1) is 0 Å². The van der Waals surface area contributed by atoms with Gasteiger partial charge in [-0.05, 0) is 6.42 Å². The quantitative estimate of drug-likeness (QED) is 0.604. The summed E-state index contributed by atoms with van der Waals surface area (Å²) in [7, 11) is -0.442. The van der Waals surface area contributed by atoms with Crippen LogP contribution in [0.4, 0.5) is 0 Å². The molecule has 14 heavy (non-hydrogen) atoms. The third-order valence-electron chi connectivity index (χ3n) is 1.80. The van der Waals surface area contributed by atoms with Gasteiger partial charge in [0.1, 0.15) is 0 Å². The molecular weight excluding hydrogens is 206 g/mol. The lowest BCUT2D eigenvalue weighted by Gasteiger charge is -2.15. The maximum atomic E-state index is 11.4. The van der Waals surface area contributed by atoms with Crippen molar-refractivity contribution < 1.29 is 17.9 Å². The highest BCUT2D eigenvalue weighted by atomic mass is 32.2. The summed E-state index contributed by atoms with van der Waals surface area (Å²) in [5.41, 5.74) is 0. The average Bonchev–Trinajstić information content (AvgIpc) is 2.13. The van der Waals surface area contributed by atoms with Gasteiger partial charge in [0.05, 0.1) is 19.3 Å². The van der Waals surface area contributed by atoms with E-state index < -0.39 is 16.0 Å². The van der Waals surface area contributed by atoms with E-state index in [9.17, 15) is 13.2 Å². The van der Waals surface area contributed by atoms with Gasteiger partial charge in [0, 0.05) is 13.6 Å². The lowest BCUT2D eigenvalue weighted by molar-refractivity contribution is -0.140. The molecule has 6 heteroatoms. The topological polar surface area (TPSA) is 63.7 Å². The number of nitrogens with zero attached hydrogens (tertiary/aromatic N) is 1. The van der Waals surface area contributed by atoms with E-state index in [1.807, 2.05) is 0 Å². The zero-order valence-electron chi connectivity index (χ0n) is 8.82. The molecule has 0 atom stereocenters. The molecule has 0 aromatic heterocycles. The third kappa shape index (κ3) is 4.57. The highest BCUT2D eigenvalue weighted by molar-refractivity contribution is 7.89. The standard InChI is InChI=1S/C8H17NO4S/c1-4-7-14(11,12)9(2)6-5-8(10)13-3/h4-7H2,1-3H3. The predicted molar refractivity (Wildman–Crippen MR) is 53.3 cm³/mol. The fourth-order valence-electron chi connectivity index (χ4n) is 0.904. The Morgan fingerprint density at radius 1 is 1.43 bits per heavy atom. The summed E-state index contributed by atoms with van der Waals surface area (Å²) >= 11 is 0. The highest BCUT2D eigenvalue weighted by Crippen LogP contribution is 2.01. The van der Waals surface area contributed by atoms with Crippen LogP contribution in [0.3, 0.4) is 0 Å². The minimum atomic E-state index is -3.19. The van der Waals surface area contributed by atoms with Gasteiger partial charge in [-0.3, -0.25) is 4.79 Å². The number of carbonyl (C=O) groups excluding carboxylic acids is 1. The fraction of sp³-hybridized carbons (Fsp3) is 0.875. The van der Waals surface area contributed by atoms with Gasteiger partial charge in [-0.25, -0.2) is 12.7 Å². The van der Waals surface area contributed by atoms with E-state index in [4.69, 9.17) is 0 Å². The summed E-state index contributed by atoms with van der Waals surface area (Å²) in [6.45, 7) is 1.97. The zero-order chi connectivity index (χ0) is 11.2. The van der Waals surface area contributed by atoms with Crippen LogP contribution in [0.25, 0.3) is 0 Å². The monoisotopic (exact) mass is 223 g/mol. The Kier molecular flexibility index (Phi) is 5.71. The second kappa shape index (κ2) is 5.98. The van der Waals surface area contributed by atoms with Crippen LogP contribution in [0.2, 0.25) is 0 Å². The van der Waals surface area contributed by atoms with Crippen LogP contribution >= 0.6 is 0 Å². The third-order valence-corrected chi connectivity index (χ3v) is 3.85. The van der Waals surface area contributed by atoms with Gasteiger partial charge in [-0.2, -0.15) is 0 Å². The smallest absolute Gasteiger partial charge is 0.306 e. The number of esters is 1. The Morgan fingerprint density at radius 2 is 2.00 bits per heavy atom. The second-order valence-corrected chi connectivity index (χ2v) is 5.16. The molecule has 0 radical (unpaired) electrons. The normalized spacial score (nSPS) is 11.7. The van der Waals surface area contributed by atoms with Crippen molar-refractivity contribution in [3.63, 3.8) is 0 Å². The number of sulfonamides is 1. The molecule has 0 aliphatic rings. The molecule has 0 fully saturated rings. The van der Waals surface area contributed by atoms with Gasteiger partial charge in [0.2, 0.25) is 10.0 Å². The number of rotatable bonds is 6. The van der Waals surface area contributed by atoms with E-state index in [2.05, 4.69) is 4.74 Å². The van der Waals surface area contributed by atoms with Gasteiger partial charge < -0.3 is 4.74 Å². The van der Waals surface area contributed by atoms with Crippen molar-refractivity contribution in [3.8, 4) is 0 Å². The molecule has 0 saturated heterocycles. The molecule has 0 spiro atoms. The maximum absolute atomic E-state index is 11.4. The molecule has 0 unspecified atom stereocenters. The molecule has 0 aromatic rings. The summed E-state index contributed by atoms with van der Waals surface area (Å²) in [5.74, 6) is -0.284. The van der Waals surface area contributed by atoms with Gasteiger partial charge >= 0.3 is 5.97 Å². The number of hydrogen-bond donors (Lipinski definition) is 0. The molecule has 0 rings (SSSR count). The lowest BCUT2D eigenvalue weighted by Crippen LogP contribution is -2.31. The first-order chi connectivity index (χ1) is 6.44. The van der Waals surface area contributed by atoms with E-state index in [0.29, 0.717) is 6.42 Å². The lowest BCUT2D eigenvalue weighted by atomic mass is 10.4. The molecular formula is C8H17NO4S. The number of hydrogen-bond acceptors (Lipinski definition) is 4. The summed E-state index contributed by atoms with van der Waals surface area (Å²) in [6.07, 6.45) is 0.668. The second-order valence-electron chi connectivity index (χ2n) is 2.96. The first kappa shape index (κ1) is 13.4. The minimum Gasteiger partial charge on any atom is -0.469 e. The van der Waals surface area contributed by atoms with E-state index in [-0.39, 0.29) is 18.7 Å². The van der Waals surface area contributed by atoms with Gasteiger partial charge in [-0.15, -0.1) is 0 Å². The molecule has 0 saturated carbocycles. The molecule has 0 amide bonds. The van der Waals surface area contributed by atoms with Gasteiger partial charge in [0.15, 0.2) is 0 Å². The first-order valence-electron chi connectivity index (χ1n) is 4.45. The number of carbonyl (C=O) groups is 1. The molecule has 0 aromatic carbocycles. The molecule has 5 nitrogen and oxygen atoms in total. The maximum Gasteiger partial charge on any atom is 0.306 e. The zero-order valence-corrected chi connectivity index (χ0v) is 9.63. The number of methoxy groups -OCH3 is 1. The molecule has 0 aliphatic heterocycles. The molecule has 0 aliphatic carbocycles. The van der Waals surface area contributed by atoms with Crippen molar-refractivity contribution in [1.29, 1.82) is 0 Å². The van der Waals surface area contributed by atoms with Crippen molar-refractivity contribution in [3.05, 3.63) is 0 Å². The average molecular weight is 223 g/mol. The summed E-state index contributed by atoms with van der Waals surface area (Å²) < 4.78 is 28.4. The summed E-state index contributed by atoms with van der Waals surface area (Å²) in [4.78, 5) is 10.8. The Morgan fingerprint density at radius 3 is 2.43 bits per heavy atom. The van der Waals surface area contributed by atoms with Crippen molar-refractivity contribution in [2.24, 2.45) is 0 Å². The molecule has 84 valence electrons. The van der Waals surface area contributed by atoms with E-state index >= 15 is 0 Å². The van der Waals surface area contributed by atoms with Crippen LogP contribution in [0.1, 0.15) is 19.8 Å². The summed E-state index contributed by atoms with van der Waals surface area (Å²) in [5, 5.41) is 0. The fourth-order valence-corrected chi connectivity index (χ4v) is 2.10. The van der Waals surface area contributed by atoms with Gasteiger partial charge in [-0.1, -0.05) is 6.92 Å². The SMILES string of the molecule is CCCS(=O)(=O)N(C)CCC(=O)OC. The van der Waals surface area contributed by atoms with Crippen LogP contribution in [-0.4, -0.2) is 45.1 Å². The van der Waals surface area contributed by atoms with Crippen LogP contribution in [-0.2, 0) is 19.6 Å². The highest BCUT2D eigenvalue weighted by Gasteiger charge is 2.17. The molecule has 0 bridgehead atoms. The Balaban J connectivity index is 4.08. The number of ether oxygens (including phenoxy) is 1. The Hall–Kier alpha value is -0.620. The summed E-state index contributed by atoms with van der Waals surface area (Å²) in [6, 6.07) is 0. The largest absolute Gasteiger partial charge is 0.469 e. The predicted octanol–water partition coefficient (Wildman–Crippen LogP) is 0.221. The van der Waals surface area contributed by atoms with E-state index in [0.717, 1.165) is 0 Å². The van der Waals surface area contributed by atoms with Crippen molar-refractivity contribution >= 4 is 16.0 Å². The van der Waals surface area contributed by atoms with Crippen LogP contribution in [0.15, 0.2) is 0 Å². The minimum absolute atomic E-state index is 0.0932. The van der Waals surface area contributed by atoms with Crippen LogP contribution in [0.5, 0.6) is 0 Å². The Labute approximate surface area is 85.1 Å². The first-order valence-corrected chi connectivity index (χ1v) is 6.05. The van der Waals surface area contributed by atoms with Crippen molar-refractivity contribution in [2.75, 3.05) is 26.5 Å².